The number of hydrogen-bond acceptors (Lipinski definition) is 15. The molecule has 0 aromatic carbocycles. The van der Waals surface area contributed by atoms with Crippen LogP contribution in [-0.2, 0) is 38.0 Å². The maximum Gasteiger partial charge on any atom is 0.306 e. The SMILES string of the molecule is CC/C=C\C/C=C\C/C=C\C/C=C\CCCCCCCCC(=O)OC(COC(=O)CCCCCCCCCCCCC/C=C\CCCCCCCCCC)COC1OC(COC2OC(CO)C(O)C(O)C2O)C(O)C(O)C1O. The van der Waals surface area contributed by atoms with Crippen LogP contribution in [0, 0.1) is 0 Å². The number of unbranched alkanes of at least 4 members (excludes halogenated alkanes) is 25. The monoisotopic (exact) mass is 1110 g/mol. The van der Waals surface area contributed by atoms with Gasteiger partial charge < -0.3 is 64.2 Å². The second kappa shape index (κ2) is 48.9. The predicted octanol–water partition coefficient (Wildman–Crippen LogP) is 11.2. The molecule has 2 heterocycles. The molecule has 452 valence electrons. The van der Waals surface area contributed by atoms with Crippen molar-refractivity contribution in [2.24, 2.45) is 0 Å². The lowest BCUT2D eigenvalue weighted by Crippen LogP contribution is -2.61. The molecular weight excluding hydrogens is 997 g/mol. The van der Waals surface area contributed by atoms with Gasteiger partial charge in [0.15, 0.2) is 18.7 Å². The Hall–Kier alpha value is -2.80. The standard InChI is InChI=1S/C63H110O15/c1-3-5-7-9-11-13-15-17-19-21-23-24-25-26-28-29-31-33-35-37-39-41-43-45-54(65)73-48-51(76-55(66)46-44-42-40-38-36-34-32-30-27-22-20-18-16-14-12-10-8-6-4-2)49-74-62-61(72)59(70)57(68)53(78-62)50-75-63-60(71)58(69)56(67)52(47-64)77-63/h6,8,12,14,18,20-21,23,27,30,51-53,56-64,67-72H,3-5,7,9-11,13,15-17,19,22,24-26,28-29,31-50H2,1-2H3/b8-6-,14-12-,20-18-,23-21-,30-27-. The number of rotatable bonds is 49. The molecule has 0 saturated carbocycles. The Morgan fingerprint density at radius 1 is 0.423 bits per heavy atom. The van der Waals surface area contributed by atoms with Crippen molar-refractivity contribution in [1.29, 1.82) is 0 Å². The number of allylic oxidation sites excluding steroid dienone is 10. The molecule has 2 fully saturated rings. The van der Waals surface area contributed by atoms with E-state index >= 15 is 0 Å². The van der Waals surface area contributed by atoms with E-state index in [9.17, 15) is 45.3 Å². The molecule has 0 radical (unpaired) electrons. The zero-order valence-electron chi connectivity index (χ0n) is 48.4. The van der Waals surface area contributed by atoms with E-state index < -0.39 is 92.7 Å². The second-order valence-corrected chi connectivity index (χ2v) is 21.5. The molecule has 0 aliphatic carbocycles. The van der Waals surface area contributed by atoms with Crippen LogP contribution in [0.5, 0.6) is 0 Å². The van der Waals surface area contributed by atoms with Gasteiger partial charge in [-0.1, -0.05) is 203 Å². The minimum absolute atomic E-state index is 0.147. The van der Waals surface area contributed by atoms with Crippen LogP contribution < -0.4 is 0 Å². The van der Waals surface area contributed by atoms with Crippen molar-refractivity contribution in [3.63, 3.8) is 0 Å². The fraction of sp³-hybridized carbons (Fsp3) is 0.810. The Labute approximate surface area is 470 Å². The van der Waals surface area contributed by atoms with Crippen molar-refractivity contribution in [3.05, 3.63) is 60.8 Å². The summed E-state index contributed by atoms with van der Waals surface area (Å²) in [4.78, 5) is 26.0. The van der Waals surface area contributed by atoms with Crippen LogP contribution in [0.1, 0.15) is 232 Å². The molecule has 0 aromatic heterocycles. The third-order valence-corrected chi connectivity index (χ3v) is 14.5. The summed E-state index contributed by atoms with van der Waals surface area (Å²) in [5.41, 5.74) is 0. The normalized spacial score (nSPS) is 24.4. The van der Waals surface area contributed by atoms with Gasteiger partial charge in [0.1, 0.15) is 55.4 Å². The van der Waals surface area contributed by atoms with Crippen molar-refractivity contribution >= 4 is 11.9 Å². The highest BCUT2D eigenvalue weighted by Gasteiger charge is 2.47. The molecule has 7 N–H and O–H groups in total. The Kier molecular flexibility index (Phi) is 44.7. The molecule has 78 heavy (non-hydrogen) atoms. The average molecular weight is 1110 g/mol. The van der Waals surface area contributed by atoms with E-state index in [2.05, 4.69) is 74.6 Å². The van der Waals surface area contributed by atoms with Crippen molar-refractivity contribution in [2.75, 3.05) is 26.4 Å². The molecule has 0 bridgehead atoms. The van der Waals surface area contributed by atoms with E-state index in [0.29, 0.717) is 12.8 Å². The zero-order valence-corrected chi connectivity index (χ0v) is 48.4. The number of aliphatic hydroxyl groups excluding tert-OH is 7. The third kappa shape index (κ3) is 35.1. The molecule has 11 unspecified atom stereocenters. The summed E-state index contributed by atoms with van der Waals surface area (Å²) in [6.07, 6.45) is 42.4. The Morgan fingerprint density at radius 3 is 1.28 bits per heavy atom. The van der Waals surface area contributed by atoms with E-state index in [4.69, 9.17) is 28.4 Å². The van der Waals surface area contributed by atoms with Gasteiger partial charge >= 0.3 is 11.9 Å². The van der Waals surface area contributed by atoms with E-state index in [1.54, 1.807) is 0 Å². The summed E-state index contributed by atoms with van der Waals surface area (Å²) < 4.78 is 33.7. The lowest BCUT2D eigenvalue weighted by molar-refractivity contribution is -0.332. The highest BCUT2D eigenvalue weighted by atomic mass is 16.7. The lowest BCUT2D eigenvalue weighted by Gasteiger charge is -2.42. The number of ether oxygens (including phenoxy) is 6. The third-order valence-electron chi connectivity index (χ3n) is 14.5. The molecule has 0 amide bonds. The largest absolute Gasteiger partial charge is 0.462 e. The van der Waals surface area contributed by atoms with Crippen LogP contribution in [0.15, 0.2) is 60.8 Å². The average Bonchev–Trinajstić information content (AvgIpc) is 3.43. The highest BCUT2D eigenvalue weighted by molar-refractivity contribution is 5.70. The lowest BCUT2D eigenvalue weighted by atomic mass is 9.98. The quantitative estimate of drug-likeness (QED) is 0.0171. The van der Waals surface area contributed by atoms with E-state index in [1.165, 1.54) is 109 Å². The molecule has 2 aliphatic rings. The van der Waals surface area contributed by atoms with Gasteiger partial charge in [-0.05, 0) is 77.0 Å². The van der Waals surface area contributed by atoms with Gasteiger partial charge in [0.25, 0.3) is 0 Å². The maximum atomic E-state index is 13.1. The van der Waals surface area contributed by atoms with Gasteiger partial charge in [0.05, 0.1) is 19.8 Å². The maximum absolute atomic E-state index is 13.1. The first kappa shape index (κ1) is 71.3. The first-order valence-electron chi connectivity index (χ1n) is 30.9. The van der Waals surface area contributed by atoms with Crippen LogP contribution in [0.25, 0.3) is 0 Å². The van der Waals surface area contributed by atoms with Crippen LogP contribution in [0.2, 0.25) is 0 Å². The molecule has 15 nitrogen and oxygen atoms in total. The minimum atomic E-state index is -1.77. The van der Waals surface area contributed by atoms with Gasteiger partial charge in [-0.25, -0.2) is 0 Å². The molecule has 2 rings (SSSR count). The number of aliphatic hydroxyl groups is 7. The summed E-state index contributed by atoms with van der Waals surface area (Å²) in [5.74, 6) is -0.937. The van der Waals surface area contributed by atoms with Gasteiger partial charge in [-0.2, -0.15) is 0 Å². The molecule has 0 spiro atoms. The zero-order chi connectivity index (χ0) is 56.7. The Bertz CT molecular complexity index is 1580. The first-order chi connectivity index (χ1) is 38.0. The summed E-state index contributed by atoms with van der Waals surface area (Å²) in [5, 5.41) is 72.4. The highest BCUT2D eigenvalue weighted by Crippen LogP contribution is 2.27. The fourth-order valence-corrected chi connectivity index (χ4v) is 9.50. The van der Waals surface area contributed by atoms with E-state index in [1.807, 2.05) is 0 Å². The van der Waals surface area contributed by atoms with Gasteiger partial charge in [0, 0.05) is 12.8 Å². The Morgan fingerprint density at radius 2 is 0.808 bits per heavy atom. The van der Waals surface area contributed by atoms with Gasteiger partial charge in [-0.15, -0.1) is 0 Å². The molecule has 15 heteroatoms. The molecular formula is C63H110O15. The number of hydrogen-bond donors (Lipinski definition) is 7. The van der Waals surface area contributed by atoms with Gasteiger partial charge in [-0.3, -0.25) is 9.59 Å². The molecule has 11 atom stereocenters. The van der Waals surface area contributed by atoms with Crippen molar-refractivity contribution in [2.45, 2.75) is 300 Å². The molecule has 0 aromatic rings. The second-order valence-electron chi connectivity index (χ2n) is 21.5. The summed E-state index contributed by atoms with van der Waals surface area (Å²) in [6, 6.07) is 0. The van der Waals surface area contributed by atoms with E-state index in [-0.39, 0.29) is 26.1 Å². The predicted molar refractivity (Wildman–Crippen MR) is 307 cm³/mol. The van der Waals surface area contributed by atoms with Gasteiger partial charge in [0.2, 0.25) is 0 Å². The number of carbonyl (C=O) groups is 2. The number of esters is 2. The van der Waals surface area contributed by atoms with Crippen molar-refractivity contribution < 1.29 is 73.8 Å². The fourth-order valence-electron chi connectivity index (χ4n) is 9.50. The van der Waals surface area contributed by atoms with Crippen molar-refractivity contribution in [1.82, 2.24) is 0 Å². The van der Waals surface area contributed by atoms with Crippen LogP contribution in [0.4, 0.5) is 0 Å². The Balaban J connectivity index is 1.73. The first-order valence-corrected chi connectivity index (χ1v) is 30.9. The smallest absolute Gasteiger partial charge is 0.306 e. The summed E-state index contributed by atoms with van der Waals surface area (Å²) in [7, 11) is 0. The van der Waals surface area contributed by atoms with Crippen molar-refractivity contribution in [3.8, 4) is 0 Å². The molecule has 2 aliphatic heterocycles. The summed E-state index contributed by atoms with van der Waals surface area (Å²) >= 11 is 0. The van der Waals surface area contributed by atoms with E-state index in [0.717, 1.165) is 83.5 Å². The van der Waals surface area contributed by atoms with Crippen LogP contribution in [-0.4, -0.2) is 142 Å². The minimum Gasteiger partial charge on any atom is -0.462 e. The number of carbonyl (C=O) groups excluding carboxylic acids is 2. The van der Waals surface area contributed by atoms with Crippen LogP contribution >= 0.6 is 0 Å². The molecule has 2 saturated heterocycles. The topological polar surface area (TPSA) is 231 Å². The van der Waals surface area contributed by atoms with Crippen LogP contribution in [0.3, 0.4) is 0 Å². The summed E-state index contributed by atoms with van der Waals surface area (Å²) in [6.45, 7) is 2.49.